The zero-order valence-electron chi connectivity index (χ0n) is 16.9. The summed E-state index contributed by atoms with van der Waals surface area (Å²) in [4.78, 5) is 34.7. The molecule has 0 aliphatic carbocycles. The maximum Gasteiger partial charge on any atom is 0.317 e. The van der Waals surface area contributed by atoms with Crippen LogP contribution in [0.1, 0.15) is 32.2 Å². The average Bonchev–Trinajstić information content (AvgIpc) is 2.55. The van der Waals surface area contributed by atoms with E-state index in [1.807, 2.05) is 50.9 Å². The van der Waals surface area contributed by atoms with E-state index in [0.717, 1.165) is 24.5 Å². The predicted molar refractivity (Wildman–Crippen MR) is 104 cm³/mol. The summed E-state index contributed by atoms with van der Waals surface area (Å²) in [6, 6.07) is 6.00. The Hall–Kier alpha value is -1.83. The number of hydrogen-bond donors (Lipinski definition) is 1. The van der Waals surface area contributed by atoms with Crippen molar-refractivity contribution in [3.8, 4) is 0 Å². The highest BCUT2D eigenvalue weighted by Gasteiger charge is 2.24. The van der Waals surface area contributed by atoms with Crippen molar-refractivity contribution in [3.05, 3.63) is 29.6 Å². The molecule has 0 spiro atoms. The van der Waals surface area contributed by atoms with E-state index in [9.17, 15) is 14.7 Å². The summed E-state index contributed by atoms with van der Waals surface area (Å²) in [5.41, 5.74) is 1.53. The van der Waals surface area contributed by atoms with Gasteiger partial charge in [0.15, 0.2) is 5.78 Å². The van der Waals surface area contributed by atoms with Crippen LogP contribution in [-0.2, 0) is 22.7 Å². The van der Waals surface area contributed by atoms with E-state index in [0.29, 0.717) is 32.7 Å². The number of likely N-dealkylation sites (N-methyl/N-ethyl adjacent to an activating group) is 1. The SMILES string of the molecule is CN1CCN(CC(=O)O)CCN(CC(=O)C(C)(C)C)Cc2cccc(n2)C1. The van der Waals surface area contributed by atoms with E-state index in [1.165, 1.54) is 0 Å². The molecule has 2 rings (SSSR count). The molecule has 7 nitrogen and oxygen atoms in total. The van der Waals surface area contributed by atoms with Gasteiger partial charge in [0.2, 0.25) is 0 Å². The van der Waals surface area contributed by atoms with Crippen LogP contribution < -0.4 is 0 Å². The minimum absolute atomic E-state index is 0.0123. The maximum absolute atomic E-state index is 12.6. The van der Waals surface area contributed by atoms with Gasteiger partial charge in [-0.25, -0.2) is 0 Å². The first-order valence-corrected chi connectivity index (χ1v) is 9.46. The van der Waals surface area contributed by atoms with Crippen LogP contribution in [0.2, 0.25) is 0 Å². The number of hydrogen-bond acceptors (Lipinski definition) is 6. The van der Waals surface area contributed by atoms with Crippen LogP contribution in [0.15, 0.2) is 18.2 Å². The first kappa shape index (κ1) is 21.5. The highest BCUT2D eigenvalue weighted by atomic mass is 16.4. The number of nitrogens with zero attached hydrogens (tertiary/aromatic N) is 4. The molecule has 1 N–H and O–H groups in total. The standard InChI is InChI=1S/C20H32N4O3/c1-20(2,3)18(25)14-24-11-10-23(15-19(26)27)9-8-22(4)12-16-6-5-7-17(13-24)21-16/h5-7H,8-15H2,1-4H3,(H,26,27). The molecule has 0 aromatic carbocycles. The Morgan fingerprint density at radius 1 is 1.00 bits per heavy atom. The average molecular weight is 377 g/mol. The number of carbonyl (C=O) groups is 2. The predicted octanol–water partition coefficient (Wildman–Crippen LogP) is 1.33. The second kappa shape index (κ2) is 9.39. The molecule has 1 aromatic heterocycles. The molecular weight excluding hydrogens is 344 g/mol. The lowest BCUT2D eigenvalue weighted by Crippen LogP contribution is -2.43. The normalized spacial score (nSPS) is 18.5. The molecular formula is C20H32N4O3. The lowest BCUT2D eigenvalue weighted by atomic mass is 9.90. The first-order valence-electron chi connectivity index (χ1n) is 9.46. The third-order valence-corrected chi connectivity index (χ3v) is 4.77. The van der Waals surface area contributed by atoms with Crippen molar-refractivity contribution in [1.29, 1.82) is 0 Å². The van der Waals surface area contributed by atoms with Gasteiger partial charge in [-0.05, 0) is 19.2 Å². The quantitative estimate of drug-likeness (QED) is 0.849. The lowest BCUT2D eigenvalue weighted by Gasteiger charge is -2.30. The second-order valence-electron chi connectivity index (χ2n) is 8.41. The number of aliphatic carboxylic acids is 1. The van der Waals surface area contributed by atoms with E-state index < -0.39 is 11.4 Å². The topological polar surface area (TPSA) is 77.0 Å². The fraction of sp³-hybridized carbons (Fsp3) is 0.650. The van der Waals surface area contributed by atoms with Crippen LogP contribution >= 0.6 is 0 Å². The van der Waals surface area contributed by atoms with Gasteiger partial charge >= 0.3 is 5.97 Å². The molecule has 1 aliphatic heterocycles. The van der Waals surface area contributed by atoms with E-state index in [1.54, 1.807) is 0 Å². The molecule has 0 amide bonds. The molecule has 0 fully saturated rings. The molecule has 2 bridgehead atoms. The summed E-state index contributed by atoms with van der Waals surface area (Å²) < 4.78 is 0. The smallest absolute Gasteiger partial charge is 0.317 e. The molecule has 0 atom stereocenters. The van der Waals surface area contributed by atoms with Gasteiger partial charge in [-0.2, -0.15) is 0 Å². The fourth-order valence-corrected chi connectivity index (χ4v) is 3.00. The molecule has 0 radical (unpaired) electrons. The zero-order valence-corrected chi connectivity index (χ0v) is 16.9. The van der Waals surface area contributed by atoms with Crippen LogP contribution in [0.3, 0.4) is 0 Å². The second-order valence-corrected chi connectivity index (χ2v) is 8.41. The molecule has 0 saturated heterocycles. The number of carbonyl (C=O) groups excluding carboxylic acids is 1. The van der Waals surface area contributed by atoms with Crippen molar-refractivity contribution in [1.82, 2.24) is 19.7 Å². The van der Waals surface area contributed by atoms with Crippen molar-refractivity contribution in [2.24, 2.45) is 5.41 Å². The largest absolute Gasteiger partial charge is 0.480 e. The Kier molecular flexibility index (Phi) is 7.47. The Labute approximate surface area is 162 Å². The van der Waals surface area contributed by atoms with E-state index in [4.69, 9.17) is 4.98 Å². The molecule has 7 heteroatoms. The highest BCUT2D eigenvalue weighted by molar-refractivity contribution is 5.85. The first-order chi connectivity index (χ1) is 12.6. The number of ketones is 1. The van der Waals surface area contributed by atoms with Gasteiger partial charge in [-0.15, -0.1) is 0 Å². The van der Waals surface area contributed by atoms with Gasteiger partial charge in [0, 0.05) is 44.7 Å². The number of aromatic nitrogens is 1. The number of pyridine rings is 1. The number of carboxylic acid groups (broad SMARTS) is 1. The van der Waals surface area contributed by atoms with Crippen molar-refractivity contribution in [2.45, 2.75) is 33.9 Å². The van der Waals surface area contributed by atoms with E-state index in [2.05, 4.69) is 9.80 Å². The molecule has 1 aliphatic rings. The summed E-state index contributed by atoms with van der Waals surface area (Å²) >= 11 is 0. The molecule has 27 heavy (non-hydrogen) atoms. The summed E-state index contributed by atoms with van der Waals surface area (Å²) in [5, 5.41) is 9.21. The minimum atomic E-state index is -0.825. The Morgan fingerprint density at radius 2 is 1.59 bits per heavy atom. The van der Waals surface area contributed by atoms with Crippen LogP contribution in [-0.4, -0.2) is 82.9 Å². The van der Waals surface area contributed by atoms with Gasteiger partial charge in [0.1, 0.15) is 0 Å². The monoisotopic (exact) mass is 376 g/mol. The number of rotatable bonds is 4. The molecule has 150 valence electrons. The van der Waals surface area contributed by atoms with Crippen LogP contribution in [0, 0.1) is 5.41 Å². The summed E-state index contributed by atoms with van der Waals surface area (Å²) in [7, 11) is 2.02. The summed E-state index contributed by atoms with van der Waals surface area (Å²) in [6.07, 6.45) is 0. The summed E-state index contributed by atoms with van der Waals surface area (Å²) in [5.74, 6) is -0.649. The molecule has 0 saturated carbocycles. The molecule has 0 unspecified atom stereocenters. The van der Waals surface area contributed by atoms with Crippen molar-refractivity contribution in [3.63, 3.8) is 0 Å². The maximum atomic E-state index is 12.6. The Bertz CT molecular complexity index is 657. The number of Topliss-reactive ketones (excluding diaryl/α,β-unsaturated/α-hetero) is 1. The Morgan fingerprint density at radius 3 is 2.22 bits per heavy atom. The van der Waals surface area contributed by atoms with Crippen LogP contribution in [0.25, 0.3) is 0 Å². The third-order valence-electron chi connectivity index (χ3n) is 4.77. The summed E-state index contributed by atoms with van der Waals surface area (Å²) in [6.45, 7) is 10.1. The lowest BCUT2D eigenvalue weighted by molar-refractivity contribution is -0.138. The van der Waals surface area contributed by atoms with Gasteiger partial charge in [0.05, 0.1) is 24.5 Å². The molecule has 2 heterocycles. The van der Waals surface area contributed by atoms with E-state index in [-0.39, 0.29) is 12.3 Å². The van der Waals surface area contributed by atoms with Crippen molar-refractivity contribution >= 4 is 11.8 Å². The van der Waals surface area contributed by atoms with Gasteiger partial charge in [-0.1, -0.05) is 26.8 Å². The van der Waals surface area contributed by atoms with E-state index >= 15 is 0 Å². The zero-order chi connectivity index (χ0) is 20.0. The number of fused-ring (bicyclic) bond motifs is 2. The molecule has 1 aromatic rings. The van der Waals surface area contributed by atoms with Gasteiger partial charge in [-0.3, -0.25) is 29.3 Å². The Balaban J connectivity index is 2.21. The van der Waals surface area contributed by atoms with Gasteiger partial charge < -0.3 is 5.11 Å². The third kappa shape index (κ3) is 7.36. The van der Waals surface area contributed by atoms with Crippen LogP contribution in [0.4, 0.5) is 0 Å². The van der Waals surface area contributed by atoms with Crippen molar-refractivity contribution < 1.29 is 14.7 Å². The minimum Gasteiger partial charge on any atom is -0.480 e. The highest BCUT2D eigenvalue weighted by Crippen LogP contribution is 2.16. The fourth-order valence-electron chi connectivity index (χ4n) is 3.00. The van der Waals surface area contributed by atoms with Crippen molar-refractivity contribution in [2.75, 3.05) is 46.3 Å². The number of carboxylic acids is 1. The van der Waals surface area contributed by atoms with Gasteiger partial charge in [0.25, 0.3) is 0 Å². The van der Waals surface area contributed by atoms with Crippen LogP contribution in [0.5, 0.6) is 0 Å².